The van der Waals surface area contributed by atoms with E-state index in [2.05, 4.69) is 5.32 Å². The van der Waals surface area contributed by atoms with Gasteiger partial charge in [0.1, 0.15) is 4.90 Å². The summed E-state index contributed by atoms with van der Waals surface area (Å²) < 4.78 is 27.0. The van der Waals surface area contributed by atoms with E-state index < -0.39 is 10.0 Å². The zero-order valence-corrected chi connectivity index (χ0v) is 12.9. The Kier molecular flexibility index (Phi) is 3.79. The standard InChI is InChI=1S/C14H19ClN2O2S/c15-12-3-1-2-4-13(12)20(18,19)17-10-7-14(11-17)5-8-16-9-6-14/h1-4,16H,5-11H2. The highest BCUT2D eigenvalue weighted by atomic mass is 35.5. The van der Waals surface area contributed by atoms with Gasteiger partial charge in [0.25, 0.3) is 0 Å². The molecule has 1 aromatic carbocycles. The van der Waals surface area contributed by atoms with Gasteiger partial charge in [-0.25, -0.2) is 8.42 Å². The maximum absolute atomic E-state index is 12.7. The Morgan fingerprint density at radius 2 is 1.85 bits per heavy atom. The number of benzene rings is 1. The lowest BCUT2D eigenvalue weighted by Gasteiger charge is -2.33. The Morgan fingerprint density at radius 3 is 2.55 bits per heavy atom. The van der Waals surface area contributed by atoms with Crippen LogP contribution in [0.2, 0.25) is 5.02 Å². The Hall–Kier alpha value is -0.620. The molecule has 0 aromatic heterocycles. The van der Waals surface area contributed by atoms with Gasteiger partial charge >= 0.3 is 0 Å². The number of hydrogen-bond acceptors (Lipinski definition) is 3. The molecule has 0 saturated carbocycles. The summed E-state index contributed by atoms with van der Waals surface area (Å²) in [4.78, 5) is 0.229. The van der Waals surface area contributed by atoms with Crippen molar-refractivity contribution in [3.63, 3.8) is 0 Å². The smallest absolute Gasteiger partial charge is 0.244 e. The van der Waals surface area contributed by atoms with Crippen molar-refractivity contribution in [1.29, 1.82) is 0 Å². The summed E-state index contributed by atoms with van der Waals surface area (Å²) >= 11 is 6.05. The van der Waals surface area contributed by atoms with Crippen LogP contribution in [0.25, 0.3) is 0 Å². The molecule has 0 unspecified atom stereocenters. The van der Waals surface area contributed by atoms with Crippen LogP contribution in [-0.2, 0) is 10.0 Å². The molecule has 2 saturated heterocycles. The second-order valence-corrected chi connectivity index (χ2v) is 8.08. The normalized spacial score (nSPS) is 23.2. The summed E-state index contributed by atoms with van der Waals surface area (Å²) in [6.45, 7) is 3.20. The molecule has 1 aromatic rings. The van der Waals surface area contributed by atoms with Crippen molar-refractivity contribution in [3.8, 4) is 0 Å². The molecule has 20 heavy (non-hydrogen) atoms. The van der Waals surface area contributed by atoms with Crippen molar-refractivity contribution >= 4 is 21.6 Å². The van der Waals surface area contributed by atoms with Crippen LogP contribution in [0.15, 0.2) is 29.2 Å². The number of hydrogen-bond donors (Lipinski definition) is 1. The second kappa shape index (κ2) is 5.30. The van der Waals surface area contributed by atoms with Gasteiger partial charge in [-0.15, -0.1) is 0 Å². The van der Waals surface area contributed by atoms with E-state index in [-0.39, 0.29) is 10.3 Å². The van der Waals surface area contributed by atoms with Crippen LogP contribution in [0, 0.1) is 5.41 Å². The third-order valence-corrected chi connectivity index (χ3v) is 6.87. The molecular formula is C14H19ClN2O2S. The van der Waals surface area contributed by atoms with Gasteiger partial charge in [-0.3, -0.25) is 0 Å². The van der Waals surface area contributed by atoms with E-state index in [1.165, 1.54) is 0 Å². The van der Waals surface area contributed by atoms with Gasteiger partial charge in [-0.1, -0.05) is 23.7 Å². The first-order valence-electron chi connectivity index (χ1n) is 6.99. The third kappa shape index (κ3) is 2.48. The maximum atomic E-state index is 12.7. The van der Waals surface area contributed by atoms with E-state index in [0.717, 1.165) is 32.4 Å². The highest BCUT2D eigenvalue weighted by Gasteiger charge is 2.43. The van der Waals surface area contributed by atoms with Gasteiger partial charge in [-0.05, 0) is 49.9 Å². The number of sulfonamides is 1. The monoisotopic (exact) mass is 314 g/mol. The van der Waals surface area contributed by atoms with Crippen molar-refractivity contribution in [2.45, 2.75) is 24.2 Å². The van der Waals surface area contributed by atoms with Gasteiger partial charge < -0.3 is 5.32 Å². The van der Waals surface area contributed by atoms with E-state index in [1.54, 1.807) is 28.6 Å². The molecule has 2 fully saturated rings. The fourth-order valence-corrected chi connectivity index (χ4v) is 5.30. The maximum Gasteiger partial charge on any atom is 0.244 e. The zero-order chi connectivity index (χ0) is 14.2. The van der Waals surface area contributed by atoms with Gasteiger partial charge in [0.05, 0.1) is 5.02 Å². The number of piperidine rings is 1. The van der Waals surface area contributed by atoms with Crippen LogP contribution in [0.5, 0.6) is 0 Å². The number of nitrogens with one attached hydrogen (secondary N) is 1. The lowest BCUT2D eigenvalue weighted by molar-refractivity contribution is 0.218. The van der Waals surface area contributed by atoms with Gasteiger partial charge in [-0.2, -0.15) is 4.31 Å². The van der Waals surface area contributed by atoms with Crippen molar-refractivity contribution < 1.29 is 8.42 Å². The molecule has 0 bridgehead atoms. The Bertz CT molecular complexity index is 597. The molecular weight excluding hydrogens is 296 g/mol. The molecule has 2 aliphatic rings. The van der Waals surface area contributed by atoms with Crippen LogP contribution < -0.4 is 5.32 Å². The number of nitrogens with zero attached hydrogens (tertiary/aromatic N) is 1. The van der Waals surface area contributed by atoms with E-state index >= 15 is 0 Å². The van der Waals surface area contributed by atoms with E-state index in [1.807, 2.05) is 0 Å². The minimum absolute atomic E-state index is 0.166. The minimum atomic E-state index is -3.46. The van der Waals surface area contributed by atoms with Crippen molar-refractivity contribution in [3.05, 3.63) is 29.3 Å². The lowest BCUT2D eigenvalue weighted by atomic mass is 9.78. The summed E-state index contributed by atoms with van der Waals surface area (Å²) in [7, 11) is -3.46. The average Bonchev–Trinajstić information content (AvgIpc) is 2.84. The topological polar surface area (TPSA) is 49.4 Å². The van der Waals surface area contributed by atoms with Gasteiger partial charge in [0.2, 0.25) is 10.0 Å². The Balaban J connectivity index is 1.85. The number of halogens is 1. The Morgan fingerprint density at radius 1 is 1.15 bits per heavy atom. The fourth-order valence-electron chi connectivity index (χ4n) is 3.26. The molecule has 1 N–H and O–H groups in total. The molecule has 2 heterocycles. The molecule has 0 amide bonds. The minimum Gasteiger partial charge on any atom is -0.317 e. The van der Waals surface area contributed by atoms with Crippen LogP contribution >= 0.6 is 11.6 Å². The molecule has 110 valence electrons. The first-order chi connectivity index (χ1) is 9.54. The van der Waals surface area contributed by atoms with E-state index in [0.29, 0.717) is 18.1 Å². The fraction of sp³-hybridized carbons (Fsp3) is 0.571. The van der Waals surface area contributed by atoms with Crippen molar-refractivity contribution in [1.82, 2.24) is 9.62 Å². The van der Waals surface area contributed by atoms with Crippen LogP contribution in [-0.4, -0.2) is 38.9 Å². The SMILES string of the molecule is O=S(=O)(c1ccccc1Cl)N1CCC2(CCNCC2)C1. The third-order valence-electron chi connectivity index (χ3n) is 4.52. The molecule has 0 radical (unpaired) electrons. The Labute approximate surface area is 125 Å². The van der Waals surface area contributed by atoms with Crippen molar-refractivity contribution in [2.24, 2.45) is 5.41 Å². The molecule has 0 aliphatic carbocycles. The van der Waals surface area contributed by atoms with E-state index in [9.17, 15) is 8.42 Å². The molecule has 4 nitrogen and oxygen atoms in total. The second-order valence-electron chi connectivity index (χ2n) is 5.77. The summed E-state index contributed by atoms with van der Waals surface area (Å²) in [5.41, 5.74) is 0.166. The molecule has 6 heteroatoms. The first kappa shape index (κ1) is 14.3. The van der Waals surface area contributed by atoms with Crippen LogP contribution in [0.1, 0.15) is 19.3 Å². The van der Waals surface area contributed by atoms with Gasteiger partial charge in [0.15, 0.2) is 0 Å². The van der Waals surface area contributed by atoms with E-state index in [4.69, 9.17) is 11.6 Å². The summed E-state index contributed by atoms with van der Waals surface area (Å²) in [5.74, 6) is 0. The van der Waals surface area contributed by atoms with Crippen LogP contribution in [0.3, 0.4) is 0 Å². The average molecular weight is 315 g/mol. The molecule has 1 spiro atoms. The predicted molar refractivity (Wildman–Crippen MR) is 79.4 cm³/mol. The number of rotatable bonds is 2. The largest absolute Gasteiger partial charge is 0.317 e. The zero-order valence-electron chi connectivity index (χ0n) is 11.3. The molecule has 2 aliphatic heterocycles. The van der Waals surface area contributed by atoms with Crippen LogP contribution in [0.4, 0.5) is 0 Å². The first-order valence-corrected chi connectivity index (χ1v) is 8.81. The van der Waals surface area contributed by atoms with Crippen molar-refractivity contribution in [2.75, 3.05) is 26.2 Å². The highest BCUT2D eigenvalue weighted by Crippen LogP contribution is 2.41. The lowest BCUT2D eigenvalue weighted by Crippen LogP contribution is -2.39. The molecule has 3 rings (SSSR count). The summed E-state index contributed by atoms with van der Waals surface area (Å²) in [5, 5.41) is 3.65. The predicted octanol–water partition coefficient (Wildman–Crippen LogP) is 2.10. The quantitative estimate of drug-likeness (QED) is 0.909. The summed E-state index contributed by atoms with van der Waals surface area (Å²) in [6, 6.07) is 6.69. The summed E-state index contributed by atoms with van der Waals surface area (Å²) in [6.07, 6.45) is 3.07. The highest BCUT2D eigenvalue weighted by molar-refractivity contribution is 7.89. The molecule has 0 atom stereocenters. The van der Waals surface area contributed by atoms with Gasteiger partial charge in [0, 0.05) is 13.1 Å².